The monoisotopic (exact) mass is 292 g/mol. The quantitative estimate of drug-likeness (QED) is 0.632. The summed E-state index contributed by atoms with van der Waals surface area (Å²) in [5.74, 6) is -5.16. The highest BCUT2D eigenvalue weighted by Crippen LogP contribution is 2.32. The number of rotatable bonds is 4. The molecule has 0 radical (unpaired) electrons. The van der Waals surface area contributed by atoms with Crippen LogP contribution in [0.15, 0.2) is 60.7 Å². The third-order valence-corrected chi connectivity index (χ3v) is 2.97. The van der Waals surface area contributed by atoms with Crippen molar-refractivity contribution in [1.82, 2.24) is 0 Å². The molecule has 0 aromatic heterocycles. The topological polar surface area (TPSA) is 34.1 Å². The molecule has 0 amide bonds. The van der Waals surface area contributed by atoms with E-state index in [4.69, 9.17) is 0 Å². The molecular formula is C16H11F3O2. The maximum Gasteiger partial charge on any atom is 0.406 e. The molecule has 0 saturated carbocycles. The molecule has 5 heteroatoms. The first kappa shape index (κ1) is 15.0. The van der Waals surface area contributed by atoms with E-state index in [1.54, 1.807) is 12.1 Å². The van der Waals surface area contributed by atoms with Crippen LogP contribution in [0.2, 0.25) is 0 Å². The van der Waals surface area contributed by atoms with Crippen molar-refractivity contribution in [3.05, 3.63) is 71.8 Å². The molecule has 2 rings (SSSR count). The summed E-state index contributed by atoms with van der Waals surface area (Å²) in [7, 11) is 0. The van der Waals surface area contributed by atoms with Gasteiger partial charge in [-0.05, 0) is 0 Å². The maximum atomic E-state index is 13.2. The average molecular weight is 292 g/mol. The molecule has 0 aliphatic carbocycles. The Bertz CT molecular complexity index is 582. The lowest BCUT2D eigenvalue weighted by Gasteiger charge is -2.18. The summed E-state index contributed by atoms with van der Waals surface area (Å²) in [6.45, 7) is 0. The van der Waals surface area contributed by atoms with Crippen LogP contribution in [0.3, 0.4) is 0 Å². The van der Waals surface area contributed by atoms with Crippen molar-refractivity contribution in [3.63, 3.8) is 0 Å². The van der Waals surface area contributed by atoms with Gasteiger partial charge in [-0.25, -0.2) is 0 Å². The van der Waals surface area contributed by atoms with E-state index in [1.165, 1.54) is 48.5 Å². The molecule has 2 aromatic carbocycles. The number of Topliss-reactive ketones (excluding diaryl/α,β-unsaturated/α-hetero) is 2. The number of hydrogen-bond donors (Lipinski definition) is 0. The number of carbonyl (C=O) groups is 2. The van der Waals surface area contributed by atoms with Crippen molar-refractivity contribution in [2.24, 2.45) is 5.92 Å². The Morgan fingerprint density at radius 3 is 1.33 bits per heavy atom. The van der Waals surface area contributed by atoms with Gasteiger partial charge in [0.05, 0.1) is 0 Å². The summed E-state index contributed by atoms with van der Waals surface area (Å²) in [6, 6.07) is 14.0. The summed E-state index contributed by atoms with van der Waals surface area (Å²) in [5.41, 5.74) is -0.270. The predicted octanol–water partition coefficient (Wildman–Crippen LogP) is 3.93. The smallest absolute Gasteiger partial charge is 0.293 e. The van der Waals surface area contributed by atoms with Gasteiger partial charge in [-0.15, -0.1) is 0 Å². The van der Waals surface area contributed by atoms with E-state index in [2.05, 4.69) is 0 Å². The van der Waals surface area contributed by atoms with Crippen LogP contribution in [0.5, 0.6) is 0 Å². The third-order valence-electron chi connectivity index (χ3n) is 2.97. The summed E-state index contributed by atoms with van der Waals surface area (Å²) >= 11 is 0. The normalized spacial score (nSPS) is 11.4. The highest BCUT2D eigenvalue weighted by molar-refractivity contribution is 6.16. The SMILES string of the molecule is O=C(c1ccccc1)C(C(=O)c1ccccc1)C(F)(F)F. The number of halogens is 3. The van der Waals surface area contributed by atoms with E-state index in [9.17, 15) is 22.8 Å². The molecule has 0 spiro atoms. The number of benzene rings is 2. The highest BCUT2D eigenvalue weighted by Gasteiger charge is 2.50. The molecule has 2 aromatic rings. The van der Waals surface area contributed by atoms with Gasteiger partial charge in [0.25, 0.3) is 0 Å². The van der Waals surface area contributed by atoms with Gasteiger partial charge < -0.3 is 0 Å². The van der Waals surface area contributed by atoms with Crippen LogP contribution < -0.4 is 0 Å². The van der Waals surface area contributed by atoms with Gasteiger partial charge in [0, 0.05) is 11.1 Å². The zero-order valence-electron chi connectivity index (χ0n) is 10.8. The van der Waals surface area contributed by atoms with E-state index in [0.29, 0.717) is 0 Å². The van der Waals surface area contributed by atoms with Gasteiger partial charge in [-0.2, -0.15) is 13.2 Å². The number of carbonyl (C=O) groups excluding carboxylic acids is 2. The van der Waals surface area contributed by atoms with Crippen molar-refractivity contribution >= 4 is 11.6 Å². The fourth-order valence-corrected chi connectivity index (χ4v) is 1.95. The largest absolute Gasteiger partial charge is 0.406 e. The lowest BCUT2D eigenvalue weighted by Crippen LogP contribution is -2.37. The Hall–Kier alpha value is -2.43. The van der Waals surface area contributed by atoms with Crippen molar-refractivity contribution < 1.29 is 22.8 Å². The van der Waals surface area contributed by atoms with Crippen LogP contribution >= 0.6 is 0 Å². The van der Waals surface area contributed by atoms with Gasteiger partial charge in [0.1, 0.15) is 0 Å². The van der Waals surface area contributed by atoms with Crippen molar-refractivity contribution in [3.8, 4) is 0 Å². The first-order valence-electron chi connectivity index (χ1n) is 6.16. The van der Waals surface area contributed by atoms with E-state index >= 15 is 0 Å². The Kier molecular flexibility index (Phi) is 4.21. The second kappa shape index (κ2) is 5.91. The molecule has 0 aliphatic rings. The molecule has 21 heavy (non-hydrogen) atoms. The Morgan fingerprint density at radius 2 is 1.05 bits per heavy atom. The molecule has 0 heterocycles. The minimum Gasteiger partial charge on any atom is -0.293 e. The second-order valence-electron chi connectivity index (χ2n) is 4.44. The summed E-state index contributed by atoms with van der Waals surface area (Å²) < 4.78 is 39.5. The molecule has 0 atom stereocenters. The van der Waals surface area contributed by atoms with Crippen molar-refractivity contribution in [1.29, 1.82) is 0 Å². The molecule has 108 valence electrons. The van der Waals surface area contributed by atoms with Crippen LogP contribution in [0, 0.1) is 5.92 Å². The van der Waals surface area contributed by atoms with Gasteiger partial charge in [-0.1, -0.05) is 60.7 Å². The van der Waals surface area contributed by atoms with Crippen LogP contribution in [-0.4, -0.2) is 17.7 Å². The first-order valence-corrected chi connectivity index (χ1v) is 6.16. The molecule has 0 unspecified atom stereocenters. The van der Waals surface area contributed by atoms with E-state index in [-0.39, 0.29) is 11.1 Å². The van der Waals surface area contributed by atoms with Gasteiger partial charge >= 0.3 is 6.18 Å². The van der Waals surface area contributed by atoms with Crippen LogP contribution in [-0.2, 0) is 0 Å². The van der Waals surface area contributed by atoms with Crippen molar-refractivity contribution in [2.45, 2.75) is 6.18 Å². The summed E-state index contributed by atoms with van der Waals surface area (Å²) in [6.07, 6.45) is -4.93. The van der Waals surface area contributed by atoms with Gasteiger partial charge in [0.15, 0.2) is 17.5 Å². The van der Waals surface area contributed by atoms with E-state index in [1.807, 2.05) is 0 Å². The van der Waals surface area contributed by atoms with Gasteiger partial charge in [0.2, 0.25) is 0 Å². The lowest BCUT2D eigenvalue weighted by atomic mass is 9.89. The number of ketones is 2. The average Bonchev–Trinajstić information content (AvgIpc) is 2.47. The standard InChI is InChI=1S/C16H11F3O2/c17-16(18,19)13(14(20)11-7-3-1-4-8-11)15(21)12-9-5-2-6-10-12/h1-10,13H. The molecule has 0 saturated heterocycles. The Balaban J connectivity index is 2.41. The predicted molar refractivity (Wildman–Crippen MR) is 71.1 cm³/mol. The number of hydrogen-bond acceptors (Lipinski definition) is 2. The van der Waals surface area contributed by atoms with E-state index in [0.717, 1.165) is 0 Å². The van der Waals surface area contributed by atoms with Gasteiger partial charge in [-0.3, -0.25) is 9.59 Å². The third kappa shape index (κ3) is 3.37. The van der Waals surface area contributed by atoms with Crippen LogP contribution in [0.1, 0.15) is 20.7 Å². The highest BCUT2D eigenvalue weighted by atomic mass is 19.4. The zero-order chi connectivity index (χ0) is 15.5. The minimum absolute atomic E-state index is 0.135. The van der Waals surface area contributed by atoms with Crippen molar-refractivity contribution in [2.75, 3.05) is 0 Å². The van der Waals surface area contributed by atoms with Crippen LogP contribution in [0.25, 0.3) is 0 Å². The Labute approximate surface area is 119 Å². The number of alkyl halides is 3. The van der Waals surface area contributed by atoms with E-state index < -0.39 is 23.7 Å². The fraction of sp³-hybridized carbons (Fsp3) is 0.125. The molecule has 0 aliphatic heterocycles. The second-order valence-corrected chi connectivity index (χ2v) is 4.44. The fourth-order valence-electron chi connectivity index (χ4n) is 1.95. The molecule has 0 bridgehead atoms. The minimum atomic E-state index is -4.93. The lowest BCUT2D eigenvalue weighted by molar-refractivity contribution is -0.148. The molecule has 0 N–H and O–H groups in total. The maximum absolute atomic E-state index is 13.2. The zero-order valence-corrected chi connectivity index (χ0v) is 10.8. The molecular weight excluding hydrogens is 281 g/mol. The van der Waals surface area contributed by atoms with Crippen LogP contribution in [0.4, 0.5) is 13.2 Å². The molecule has 2 nitrogen and oxygen atoms in total. The first-order chi connectivity index (χ1) is 9.91. The Morgan fingerprint density at radius 1 is 0.714 bits per heavy atom. The summed E-state index contributed by atoms with van der Waals surface area (Å²) in [4.78, 5) is 24.1. The molecule has 0 fully saturated rings. The summed E-state index contributed by atoms with van der Waals surface area (Å²) in [5, 5.41) is 0.